The minimum atomic E-state index is -0.589. The van der Waals surface area contributed by atoms with E-state index in [1.165, 1.54) is 61.4 Å². The summed E-state index contributed by atoms with van der Waals surface area (Å²) in [6.07, 6.45) is 0. The first-order valence-electron chi connectivity index (χ1n) is 21.8. The van der Waals surface area contributed by atoms with Gasteiger partial charge in [-0.2, -0.15) is 0 Å². The summed E-state index contributed by atoms with van der Waals surface area (Å²) in [6.45, 7) is 0. The third-order valence-electron chi connectivity index (χ3n) is 13.1. The maximum absolute atomic E-state index is 2.50. The van der Waals surface area contributed by atoms with Gasteiger partial charge in [0.25, 0.3) is 0 Å². The molecular weight excluding hydrogens is 761 g/mol. The normalized spacial score (nSPS) is 12.9. The van der Waals surface area contributed by atoms with Gasteiger partial charge in [-0.15, -0.1) is 0 Å². The number of hydrogen-bond donors (Lipinski definition) is 0. The molecule has 0 unspecified atom stereocenters. The zero-order valence-corrected chi connectivity index (χ0v) is 34.6. The highest BCUT2D eigenvalue weighted by Gasteiger charge is 2.51. The molecule has 2 heteroatoms. The van der Waals surface area contributed by atoms with Gasteiger partial charge >= 0.3 is 0 Å². The van der Waals surface area contributed by atoms with E-state index >= 15 is 0 Å². The quantitative estimate of drug-likeness (QED) is 0.158. The second-order valence-corrected chi connectivity index (χ2v) is 16.4. The van der Waals surface area contributed by atoms with Gasteiger partial charge in [0.15, 0.2) is 0 Å². The maximum Gasteiger partial charge on any atom is 0.0755 e. The third-order valence-corrected chi connectivity index (χ3v) is 13.1. The van der Waals surface area contributed by atoms with Crippen LogP contribution in [0.4, 0.5) is 34.1 Å². The predicted octanol–water partition coefficient (Wildman–Crippen LogP) is 16.3. The molecule has 63 heavy (non-hydrogen) atoms. The van der Waals surface area contributed by atoms with Gasteiger partial charge in [0.2, 0.25) is 0 Å². The number of fused-ring (bicyclic) bond motifs is 9. The van der Waals surface area contributed by atoms with E-state index in [-0.39, 0.29) is 0 Å². The van der Waals surface area contributed by atoms with Crippen molar-refractivity contribution in [2.75, 3.05) is 9.80 Å². The molecule has 0 N–H and O–H groups in total. The monoisotopic (exact) mass is 802 g/mol. The van der Waals surface area contributed by atoms with Crippen molar-refractivity contribution in [3.05, 3.63) is 277 Å². The molecule has 1 aliphatic heterocycles. The van der Waals surface area contributed by atoms with Crippen LogP contribution in [0.3, 0.4) is 0 Å². The molecule has 0 bridgehead atoms. The van der Waals surface area contributed by atoms with Gasteiger partial charge < -0.3 is 9.80 Å². The Morgan fingerprint density at radius 3 is 1.40 bits per heavy atom. The van der Waals surface area contributed by atoms with Crippen molar-refractivity contribution in [3.8, 4) is 44.5 Å². The first-order valence-corrected chi connectivity index (χ1v) is 21.8. The third kappa shape index (κ3) is 5.80. The highest BCUT2D eigenvalue weighted by molar-refractivity contribution is 5.99. The SMILES string of the molecule is c1ccc(-c2cccc(-c3ccccc3N(c3ccc4c(c3)C3(c5ccccc5-4)c4ccccc4N(c4ccccc4)c4ccccc43)c3ccccc3-c3ccccc3)c2)cc1. The summed E-state index contributed by atoms with van der Waals surface area (Å²) < 4.78 is 0. The zero-order valence-electron chi connectivity index (χ0n) is 34.6. The van der Waals surface area contributed by atoms with E-state index in [1.807, 2.05) is 0 Å². The molecule has 0 amide bonds. The Morgan fingerprint density at radius 1 is 0.286 bits per heavy atom. The molecule has 1 aliphatic carbocycles. The maximum atomic E-state index is 2.50. The van der Waals surface area contributed by atoms with E-state index in [1.54, 1.807) is 0 Å². The van der Waals surface area contributed by atoms with Crippen LogP contribution < -0.4 is 9.80 Å². The second-order valence-electron chi connectivity index (χ2n) is 16.4. The molecule has 0 fully saturated rings. The molecule has 10 aromatic carbocycles. The van der Waals surface area contributed by atoms with E-state index in [2.05, 4.69) is 265 Å². The van der Waals surface area contributed by atoms with Gasteiger partial charge in [0.05, 0.1) is 28.2 Å². The van der Waals surface area contributed by atoms with E-state index < -0.39 is 5.41 Å². The zero-order chi connectivity index (χ0) is 41.7. The highest BCUT2D eigenvalue weighted by Crippen LogP contribution is 2.64. The van der Waals surface area contributed by atoms with Crippen molar-refractivity contribution in [1.82, 2.24) is 0 Å². The second kappa shape index (κ2) is 15.1. The molecule has 10 aromatic rings. The van der Waals surface area contributed by atoms with Crippen LogP contribution in [0.15, 0.2) is 255 Å². The lowest BCUT2D eigenvalue weighted by molar-refractivity contribution is 0.752. The number of para-hydroxylation sites is 5. The number of rotatable bonds is 7. The van der Waals surface area contributed by atoms with Gasteiger partial charge in [-0.3, -0.25) is 0 Å². The Kier molecular flexibility index (Phi) is 8.76. The smallest absolute Gasteiger partial charge is 0.0755 e. The van der Waals surface area contributed by atoms with E-state index in [9.17, 15) is 0 Å². The van der Waals surface area contributed by atoms with Crippen LogP contribution in [0.2, 0.25) is 0 Å². The lowest BCUT2D eigenvalue weighted by Crippen LogP contribution is -2.36. The van der Waals surface area contributed by atoms with Crippen LogP contribution in [0.5, 0.6) is 0 Å². The Balaban J connectivity index is 1.14. The summed E-state index contributed by atoms with van der Waals surface area (Å²) in [6, 6.07) is 93.4. The Morgan fingerprint density at radius 2 is 0.746 bits per heavy atom. The average Bonchev–Trinajstić information content (AvgIpc) is 3.65. The number of anilines is 6. The van der Waals surface area contributed by atoms with Crippen molar-refractivity contribution in [2.24, 2.45) is 0 Å². The molecule has 1 spiro atoms. The van der Waals surface area contributed by atoms with Crippen LogP contribution in [0, 0.1) is 0 Å². The summed E-state index contributed by atoms with van der Waals surface area (Å²) in [4.78, 5) is 4.95. The van der Waals surface area contributed by atoms with Crippen LogP contribution in [0.25, 0.3) is 44.5 Å². The molecule has 296 valence electrons. The lowest BCUT2D eigenvalue weighted by atomic mass is 9.64. The Labute approximate surface area is 369 Å². The minimum absolute atomic E-state index is 0.589. The lowest BCUT2D eigenvalue weighted by Gasteiger charge is -2.45. The van der Waals surface area contributed by atoms with Gasteiger partial charge in [-0.1, -0.05) is 200 Å². The van der Waals surface area contributed by atoms with Crippen molar-refractivity contribution in [3.63, 3.8) is 0 Å². The van der Waals surface area contributed by atoms with Crippen LogP contribution in [-0.2, 0) is 5.41 Å². The molecule has 12 rings (SSSR count). The van der Waals surface area contributed by atoms with E-state index in [4.69, 9.17) is 0 Å². The van der Waals surface area contributed by atoms with Crippen LogP contribution >= 0.6 is 0 Å². The fourth-order valence-corrected chi connectivity index (χ4v) is 10.4. The van der Waals surface area contributed by atoms with Gasteiger partial charge in [-0.05, 0) is 110 Å². The van der Waals surface area contributed by atoms with Crippen molar-refractivity contribution in [1.29, 1.82) is 0 Å². The molecule has 2 aliphatic rings. The first kappa shape index (κ1) is 36.6. The largest absolute Gasteiger partial charge is 0.310 e. The summed E-state index contributed by atoms with van der Waals surface area (Å²) in [5, 5.41) is 0. The summed E-state index contributed by atoms with van der Waals surface area (Å²) >= 11 is 0. The molecule has 0 atom stereocenters. The predicted molar refractivity (Wildman–Crippen MR) is 263 cm³/mol. The van der Waals surface area contributed by atoms with Crippen LogP contribution in [-0.4, -0.2) is 0 Å². The number of hydrogen-bond acceptors (Lipinski definition) is 2. The molecule has 1 heterocycles. The fraction of sp³-hybridized carbons (Fsp3) is 0.0164. The minimum Gasteiger partial charge on any atom is -0.310 e. The molecular formula is C61H42N2. The van der Waals surface area contributed by atoms with Gasteiger partial charge in [0.1, 0.15) is 0 Å². The fourth-order valence-electron chi connectivity index (χ4n) is 10.4. The summed E-state index contributed by atoms with van der Waals surface area (Å²) in [7, 11) is 0. The average molecular weight is 803 g/mol. The molecule has 0 aromatic heterocycles. The first-order chi connectivity index (χ1) is 31.3. The topological polar surface area (TPSA) is 6.48 Å². The summed E-state index contributed by atoms with van der Waals surface area (Å²) in [5.41, 5.74) is 20.9. The number of benzene rings is 10. The molecule has 0 saturated heterocycles. The Bertz CT molecular complexity index is 3250. The van der Waals surface area contributed by atoms with Gasteiger partial charge in [-0.25, -0.2) is 0 Å². The summed E-state index contributed by atoms with van der Waals surface area (Å²) in [5.74, 6) is 0. The molecule has 2 nitrogen and oxygen atoms in total. The number of nitrogens with zero attached hydrogens (tertiary/aromatic N) is 2. The van der Waals surface area contributed by atoms with Crippen molar-refractivity contribution in [2.45, 2.75) is 5.41 Å². The Hall–Kier alpha value is -8.20. The van der Waals surface area contributed by atoms with Crippen molar-refractivity contribution < 1.29 is 0 Å². The van der Waals surface area contributed by atoms with Crippen molar-refractivity contribution >= 4 is 34.1 Å². The highest BCUT2D eigenvalue weighted by atomic mass is 15.2. The standard InChI is InChI=1S/C61H42N2/c1-4-21-43(22-5-1)45-25-20-26-46(41-45)50-30-12-17-36-58(50)63(57-35-16-11-29-49(57)44-23-6-2-7-24-44)48-39-40-52-51-31-10-13-32-53(51)61(56(52)42-48)54-33-14-18-37-59(54)62(47-27-8-3-9-28-47)60-38-19-15-34-55(60)61/h1-42H. The molecule has 0 radical (unpaired) electrons. The molecule has 0 saturated carbocycles. The van der Waals surface area contributed by atoms with Crippen LogP contribution in [0.1, 0.15) is 22.3 Å². The van der Waals surface area contributed by atoms with E-state index in [0.29, 0.717) is 0 Å². The van der Waals surface area contributed by atoms with E-state index in [0.717, 1.165) is 39.4 Å². The van der Waals surface area contributed by atoms with Gasteiger partial charge in [0, 0.05) is 22.5 Å².